The van der Waals surface area contributed by atoms with Crippen molar-refractivity contribution in [1.82, 2.24) is 4.84 Å². The number of hydrogen-bond donors (Lipinski definition) is 2. The lowest BCUT2D eigenvalue weighted by molar-refractivity contribution is 0.721. The summed E-state index contributed by atoms with van der Waals surface area (Å²) in [6.07, 6.45) is 1.01. The Morgan fingerprint density at radius 3 is 2.67 bits per heavy atom. The largest absolute Gasteiger partial charge is 0.308 e. The van der Waals surface area contributed by atoms with Crippen LogP contribution in [0.25, 0.3) is 0 Å². The highest BCUT2D eigenvalue weighted by Gasteiger charge is 2.03. The fourth-order valence-corrected chi connectivity index (χ4v) is 0.637. The van der Waals surface area contributed by atoms with Gasteiger partial charge < -0.3 is 5.41 Å². The Hall–Kier alpha value is -0.0800. The van der Waals surface area contributed by atoms with E-state index >= 15 is 0 Å². The van der Waals surface area contributed by atoms with E-state index in [-0.39, 0.29) is 0 Å². The molecule has 0 rings (SSSR count). The molecule has 2 N–H and O–H groups in total. The Bertz CT molecular complexity index is 93.1. The van der Waals surface area contributed by atoms with Crippen LogP contribution in [0.15, 0.2) is 0 Å². The van der Waals surface area contributed by atoms with Gasteiger partial charge in [0.25, 0.3) is 0 Å². The second-order valence-electron chi connectivity index (χ2n) is 2.14. The zero-order valence-corrected chi connectivity index (χ0v) is 6.63. The molecule has 54 valence electrons. The van der Waals surface area contributed by atoms with Crippen LogP contribution in [-0.2, 0) is 0 Å². The van der Waals surface area contributed by atoms with Gasteiger partial charge in [0, 0.05) is 12.3 Å². The predicted molar refractivity (Wildman–Crippen MR) is 41.0 cm³/mol. The molecule has 0 amide bonds. The quantitative estimate of drug-likeness (QED) is 0.463. The standard InChI is InChI=1S/C6H13ClN2/c1-3-5(2)6(8)4-9-7/h5,8-9H,3-4H2,1-2H3. The molecular weight excluding hydrogens is 136 g/mol. The minimum Gasteiger partial charge on any atom is -0.308 e. The highest BCUT2D eigenvalue weighted by Crippen LogP contribution is 2.00. The molecule has 0 saturated heterocycles. The number of rotatable bonds is 4. The first-order valence-corrected chi connectivity index (χ1v) is 3.51. The van der Waals surface area contributed by atoms with Crippen LogP contribution in [0.3, 0.4) is 0 Å². The molecule has 0 saturated carbocycles. The smallest absolute Gasteiger partial charge is 0.0488 e. The lowest BCUT2D eigenvalue weighted by Crippen LogP contribution is -2.20. The van der Waals surface area contributed by atoms with E-state index in [4.69, 9.17) is 17.2 Å². The molecule has 0 bridgehead atoms. The van der Waals surface area contributed by atoms with Gasteiger partial charge in [-0.1, -0.05) is 13.8 Å². The third-order valence-corrected chi connectivity index (χ3v) is 1.60. The summed E-state index contributed by atoms with van der Waals surface area (Å²) in [5.41, 5.74) is 0.674. The Morgan fingerprint density at radius 2 is 2.33 bits per heavy atom. The first-order valence-electron chi connectivity index (χ1n) is 3.13. The highest BCUT2D eigenvalue weighted by molar-refractivity contribution is 6.14. The summed E-state index contributed by atoms with van der Waals surface area (Å²) >= 11 is 5.21. The van der Waals surface area contributed by atoms with Crippen molar-refractivity contribution in [3.63, 3.8) is 0 Å². The van der Waals surface area contributed by atoms with Crippen LogP contribution in [-0.4, -0.2) is 12.3 Å². The van der Waals surface area contributed by atoms with E-state index in [0.717, 1.165) is 6.42 Å². The summed E-state index contributed by atoms with van der Waals surface area (Å²) in [5, 5.41) is 7.35. The predicted octanol–water partition coefficient (Wildman–Crippen LogP) is 1.80. The lowest BCUT2D eigenvalue weighted by atomic mass is 10.0. The zero-order valence-electron chi connectivity index (χ0n) is 5.87. The van der Waals surface area contributed by atoms with Gasteiger partial charge >= 0.3 is 0 Å². The number of halogens is 1. The van der Waals surface area contributed by atoms with Gasteiger partial charge in [-0.2, -0.15) is 0 Å². The van der Waals surface area contributed by atoms with Crippen LogP contribution in [0.2, 0.25) is 0 Å². The summed E-state index contributed by atoms with van der Waals surface area (Å²) in [5.74, 6) is 0.358. The van der Waals surface area contributed by atoms with Crippen LogP contribution >= 0.6 is 11.8 Å². The molecule has 0 aromatic heterocycles. The third kappa shape index (κ3) is 3.49. The highest BCUT2D eigenvalue weighted by atomic mass is 35.5. The molecule has 1 atom stereocenters. The molecule has 0 aliphatic heterocycles. The van der Waals surface area contributed by atoms with Crippen molar-refractivity contribution >= 4 is 17.5 Å². The molecule has 0 fully saturated rings. The van der Waals surface area contributed by atoms with E-state index in [9.17, 15) is 0 Å². The molecule has 0 aliphatic rings. The summed E-state index contributed by atoms with van der Waals surface area (Å²) < 4.78 is 0. The van der Waals surface area contributed by atoms with Crippen LogP contribution < -0.4 is 4.84 Å². The lowest BCUT2D eigenvalue weighted by Gasteiger charge is -2.07. The van der Waals surface area contributed by atoms with Crippen molar-refractivity contribution < 1.29 is 0 Å². The first kappa shape index (κ1) is 8.92. The van der Waals surface area contributed by atoms with Crippen molar-refractivity contribution in [3.8, 4) is 0 Å². The molecule has 0 spiro atoms. The van der Waals surface area contributed by atoms with Gasteiger partial charge in [0.15, 0.2) is 0 Å². The Morgan fingerprint density at radius 1 is 1.78 bits per heavy atom. The van der Waals surface area contributed by atoms with Crippen molar-refractivity contribution in [2.75, 3.05) is 6.54 Å². The van der Waals surface area contributed by atoms with Gasteiger partial charge in [-0.15, -0.1) is 0 Å². The van der Waals surface area contributed by atoms with Gasteiger partial charge in [0.2, 0.25) is 0 Å². The SMILES string of the molecule is CCC(C)C(=N)CNCl. The molecule has 0 aromatic rings. The van der Waals surface area contributed by atoms with E-state index in [1.165, 1.54) is 0 Å². The second kappa shape index (κ2) is 4.77. The number of hydrogen-bond acceptors (Lipinski definition) is 2. The minimum absolute atomic E-state index is 0.358. The van der Waals surface area contributed by atoms with E-state index in [2.05, 4.69) is 11.8 Å². The topological polar surface area (TPSA) is 35.9 Å². The Kier molecular flexibility index (Phi) is 4.72. The van der Waals surface area contributed by atoms with Gasteiger partial charge in [-0.05, 0) is 24.1 Å². The maximum absolute atomic E-state index is 7.35. The van der Waals surface area contributed by atoms with Crippen LogP contribution in [0.5, 0.6) is 0 Å². The molecule has 0 radical (unpaired) electrons. The van der Waals surface area contributed by atoms with Gasteiger partial charge in [-0.25, -0.2) is 4.84 Å². The monoisotopic (exact) mass is 148 g/mol. The first-order chi connectivity index (χ1) is 4.22. The summed E-state index contributed by atoms with van der Waals surface area (Å²) in [6, 6.07) is 0. The number of nitrogens with one attached hydrogen (secondary N) is 2. The van der Waals surface area contributed by atoms with Gasteiger partial charge in [0.1, 0.15) is 0 Å². The maximum atomic E-state index is 7.35. The van der Waals surface area contributed by atoms with Crippen molar-refractivity contribution in [1.29, 1.82) is 5.41 Å². The molecule has 1 unspecified atom stereocenters. The fraction of sp³-hybridized carbons (Fsp3) is 0.833. The maximum Gasteiger partial charge on any atom is 0.0488 e. The molecule has 3 heteroatoms. The van der Waals surface area contributed by atoms with Gasteiger partial charge in [-0.3, -0.25) is 0 Å². The fourth-order valence-electron chi connectivity index (χ4n) is 0.493. The van der Waals surface area contributed by atoms with E-state index in [1.807, 2.05) is 6.92 Å². The molecular formula is C6H13ClN2. The Balaban J connectivity index is 3.46. The third-order valence-electron chi connectivity index (χ3n) is 1.46. The molecule has 2 nitrogen and oxygen atoms in total. The molecule has 9 heavy (non-hydrogen) atoms. The van der Waals surface area contributed by atoms with Crippen LogP contribution in [0.1, 0.15) is 20.3 Å². The average Bonchev–Trinajstić information content (AvgIpc) is 1.87. The molecule has 0 heterocycles. The van der Waals surface area contributed by atoms with Crippen molar-refractivity contribution in [2.45, 2.75) is 20.3 Å². The molecule has 0 aliphatic carbocycles. The Labute approximate surface area is 61.2 Å². The van der Waals surface area contributed by atoms with E-state index in [0.29, 0.717) is 18.2 Å². The average molecular weight is 149 g/mol. The molecule has 0 aromatic carbocycles. The van der Waals surface area contributed by atoms with Crippen molar-refractivity contribution in [2.24, 2.45) is 5.92 Å². The second-order valence-corrected chi connectivity index (χ2v) is 2.41. The summed E-state index contributed by atoms with van der Waals surface area (Å²) in [4.78, 5) is 2.43. The van der Waals surface area contributed by atoms with E-state index < -0.39 is 0 Å². The minimum atomic E-state index is 0.358. The van der Waals surface area contributed by atoms with Gasteiger partial charge in [0.05, 0.1) is 0 Å². The van der Waals surface area contributed by atoms with Crippen LogP contribution in [0.4, 0.5) is 0 Å². The van der Waals surface area contributed by atoms with Crippen molar-refractivity contribution in [3.05, 3.63) is 0 Å². The van der Waals surface area contributed by atoms with Crippen LogP contribution in [0, 0.1) is 11.3 Å². The van der Waals surface area contributed by atoms with E-state index in [1.54, 1.807) is 0 Å². The normalized spacial score (nSPS) is 13.2. The zero-order chi connectivity index (χ0) is 7.28. The summed E-state index contributed by atoms with van der Waals surface area (Å²) in [7, 11) is 0. The summed E-state index contributed by atoms with van der Waals surface area (Å²) in [6.45, 7) is 4.58.